The number of hydrogen-bond donors (Lipinski definition) is 0. The molecule has 0 atom stereocenters. The second-order valence-corrected chi connectivity index (χ2v) is 4.91. The van der Waals surface area contributed by atoms with Crippen LogP contribution in [0.4, 0.5) is 4.39 Å². The van der Waals surface area contributed by atoms with Gasteiger partial charge in [-0.2, -0.15) is 0 Å². The van der Waals surface area contributed by atoms with Gasteiger partial charge in [0.2, 0.25) is 5.78 Å². The lowest BCUT2D eigenvalue weighted by atomic mass is 10.1. The summed E-state index contributed by atoms with van der Waals surface area (Å²) < 4.78 is 14.6. The average molecular weight is 293 g/mol. The number of rotatable bonds is 4. The van der Waals surface area contributed by atoms with Gasteiger partial charge in [0.15, 0.2) is 12.2 Å². The predicted molar refractivity (Wildman–Crippen MR) is 80.6 cm³/mol. The number of carbonyl (C=O) groups excluding carboxylic acids is 1. The molecule has 0 aliphatic rings. The van der Waals surface area contributed by atoms with Crippen molar-refractivity contribution in [1.82, 2.24) is 4.98 Å². The summed E-state index contributed by atoms with van der Waals surface area (Å²) in [5, 5.41) is 0. The number of aromatic nitrogens is 2. The number of ketones is 1. The van der Waals surface area contributed by atoms with Gasteiger partial charge < -0.3 is 0 Å². The van der Waals surface area contributed by atoms with Crippen LogP contribution in [0.2, 0.25) is 0 Å². The fourth-order valence-electron chi connectivity index (χ4n) is 2.15. The van der Waals surface area contributed by atoms with Crippen molar-refractivity contribution >= 4 is 5.78 Å². The summed E-state index contributed by atoms with van der Waals surface area (Å²) in [6.45, 7) is 0.237. The zero-order valence-corrected chi connectivity index (χ0v) is 11.8. The maximum Gasteiger partial charge on any atom is 0.287 e. The highest BCUT2D eigenvalue weighted by Gasteiger charge is 2.11. The number of Topliss-reactive ketones (excluding diaryl/α,β-unsaturated/α-hetero) is 1. The third-order valence-corrected chi connectivity index (χ3v) is 3.33. The molecule has 22 heavy (non-hydrogen) atoms. The Labute approximate surface area is 127 Å². The number of hydrogen-bond acceptors (Lipinski definition) is 2. The quantitative estimate of drug-likeness (QED) is 0.547. The Balaban J connectivity index is 1.74. The van der Waals surface area contributed by atoms with E-state index in [-0.39, 0.29) is 18.1 Å². The van der Waals surface area contributed by atoms with Gasteiger partial charge in [0.1, 0.15) is 5.82 Å². The van der Waals surface area contributed by atoms with E-state index < -0.39 is 0 Å². The standard InChI is InChI=1S/C18H14FN2O/c19-16-8-6-14(7-9-16)17-10-11-21(13-20-17)12-18(22)15-4-2-1-3-5-15/h1-11,13H,12H2/q+1. The zero-order chi connectivity index (χ0) is 15.4. The molecule has 0 aliphatic heterocycles. The molecule has 0 spiro atoms. The van der Waals surface area contributed by atoms with Crippen molar-refractivity contribution in [2.45, 2.75) is 6.54 Å². The minimum Gasteiger partial charge on any atom is -0.290 e. The van der Waals surface area contributed by atoms with E-state index in [4.69, 9.17) is 0 Å². The summed E-state index contributed by atoms with van der Waals surface area (Å²) in [4.78, 5) is 16.4. The number of halogens is 1. The van der Waals surface area contributed by atoms with Crippen LogP contribution in [-0.2, 0) is 6.54 Å². The Hall–Kier alpha value is -2.88. The molecule has 0 radical (unpaired) electrons. The number of nitrogens with zero attached hydrogens (tertiary/aromatic N) is 2. The lowest BCUT2D eigenvalue weighted by Gasteiger charge is -2.00. The summed E-state index contributed by atoms with van der Waals surface area (Å²) in [5.74, 6) is -0.245. The minimum absolute atomic E-state index is 0.0296. The van der Waals surface area contributed by atoms with E-state index in [9.17, 15) is 9.18 Å². The summed E-state index contributed by atoms with van der Waals surface area (Å²) in [6, 6.07) is 17.1. The lowest BCUT2D eigenvalue weighted by Crippen LogP contribution is -2.37. The first-order valence-corrected chi connectivity index (χ1v) is 6.92. The smallest absolute Gasteiger partial charge is 0.287 e. The fourth-order valence-corrected chi connectivity index (χ4v) is 2.15. The van der Waals surface area contributed by atoms with E-state index in [1.165, 1.54) is 12.1 Å². The van der Waals surface area contributed by atoms with Gasteiger partial charge in [-0.15, -0.1) is 0 Å². The highest BCUT2D eigenvalue weighted by Crippen LogP contribution is 2.15. The van der Waals surface area contributed by atoms with Crippen molar-refractivity contribution in [1.29, 1.82) is 0 Å². The number of carbonyl (C=O) groups is 1. The van der Waals surface area contributed by atoms with Gasteiger partial charge in [-0.05, 0) is 29.2 Å². The Morgan fingerprint density at radius 1 is 1.00 bits per heavy atom. The molecule has 0 saturated heterocycles. The molecule has 2 aromatic carbocycles. The molecule has 108 valence electrons. The lowest BCUT2D eigenvalue weighted by molar-refractivity contribution is -0.686. The van der Waals surface area contributed by atoms with Gasteiger partial charge in [0, 0.05) is 17.2 Å². The molecule has 3 nitrogen and oxygen atoms in total. The Morgan fingerprint density at radius 3 is 2.36 bits per heavy atom. The molecule has 0 unspecified atom stereocenters. The molecule has 0 fully saturated rings. The molecule has 0 bridgehead atoms. The van der Waals surface area contributed by atoms with Crippen molar-refractivity contribution in [3.05, 3.63) is 84.6 Å². The second kappa shape index (κ2) is 6.26. The van der Waals surface area contributed by atoms with Gasteiger partial charge in [-0.1, -0.05) is 30.3 Å². The molecule has 3 rings (SSSR count). The van der Waals surface area contributed by atoms with E-state index >= 15 is 0 Å². The average Bonchev–Trinajstić information content (AvgIpc) is 2.57. The SMILES string of the molecule is O=C(C[n+]1ccc(-c2ccc(F)cc2)nc1)c1ccccc1. The van der Waals surface area contributed by atoms with Crippen LogP contribution in [0, 0.1) is 5.82 Å². The monoisotopic (exact) mass is 293 g/mol. The van der Waals surface area contributed by atoms with Crippen LogP contribution >= 0.6 is 0 Å². The zero-order valence-electron chi connectivity index (χ0n) is 11.8. The molecule has 0 N–H and O–H groups in total. The Bertz CT molecular complexity index is 768. The maximum absolute atomic E-state index is 12.9. The molecule has 0 aliphatic carbocycles. The van der Waals surface area contributed by atoms with Crippen LogP contribution < -0.4 is 4.57 Å². The molecular weight excluding hydrogens is 279 g/mol. The van der Waals surface area contributed by atoms with E-state index in [1.54, 1.807) is 41.4 Å². The first kappa shape index (κ1) is 14.1. The molecule has 0 saturated carbocycles. The maximum atomic E-state index is 12.9. The Kier molecular flexibility index (Phi) is 4.01. The fraction of sp³-hybridized carbons (Fsp3) is 0.0556. The third kappa shape index (κ3) is 3.23. The largest absolute Gasteiger partial charge is 0.290 e. The van der Waals surface area contributed by atoms with Crippen molar-refractivity contribution in [3.8, 4) is 11.3 Å². The normalized spacial score (nSPS) is 10.4. The molecule has 3 aromatic rings. The van der Waals surface area contributed by atoms with Gasteiger partial charge in [0.05, 0.1) is 6.20 Å². The van der Waals surface area contributed by atoms with Gasteiger partial charge in [0.25, 0.3) is 6.33 Å². The second-order valence-electron chi connectivity index (χ2n) is 4.91. The van der Waals surface area contributed by atoms with Crippen molar-refractivity contribution in [2.24, 2.45) is 0 Å². The molecule has 4 heteroatoms. The number of benzene rings is 2. The van der Waals surface area contributed by atoms with E-state index in [0.717, 1.165) is 11.3 Å². The van der Waals surface area contributed by atoms with Crippen LogP contribution in [0.3, 0.4) is 0 Å². The van der Waals surface area contributed by atoms with Crippen LogP contribution in [0.5, 0.6) is 0 Å². The van der Waals surface area contributed by atoms with Gasteiger partial charge >= 0.3 is 0 Å². The van der Waals surface area contributed by atoms with Crippen LogP contribution in [0.25, 0.3) is 11.3 Å². The molecule has 1 heterocycles. The van der Waals surface area contributed by atoms with Crippen LogP contribution in [0.15, 0.2) is 73.2 Å². The summed E-state index contributed by atoms with van der Waals surface area (Å²) in [5.41, 5.74) is 2.25. The highest BCUT2D eigenvalue weighted by atomic mass is 19.1. The minimum atomic E-state index is -0.275. The molecule has 1 aromatic heterocycles. The summed E-state index contributed by atoms with van der Waals surface area (Å²) >= 11 is 0. The third-order valence-electron chi connectivity index (χ3n) is 3.33. The van der Waals surface area contributed by atoms with E-state index in [1.807, 2.05) is 24.3 Å². The van der Waals surface area contributed by atoms with Crippen molar-refractivity contribution in [2.75, 3.05) is 0 Å². The first-order valence-electron chi connectivity index (χ1n) is 6.92. The summed E-state index contributed by atoms with van der Waals surface area (Å²) in [6.07, 6.45) is 3.41. The van der Waals surface area contributed by atoms with E-state index in [2.05, 4.69) is 4.98 Å². The molecule has 0 amide bonds. The van der Waals surface area contributed by atoms with Gasteiger partial charge in [-0.25, -0.2) is 8.96 Å². The van der Waals surface area contributed by atoms with E-state index in [0.29, 0.717) is 5.56 Å². The molecular formula is C18H14FN2O+. The van der Waals surface area contributed by atoms with Crippen LogP contribution in [0.1, 0.15) is 10.4 Å². The van der Waals surface area contributed by atoms with Crippen LogP contribution in [-0.4, -0.2) is 10.8 Å². The summed E-state index contributed by atoms with van der Waals surface area (Å²) in [7, 11) is 0. The van der Waals surface area contributed by atoms with Crippen molar-refractivity contribution in [3.63, 3.8) is 0 Å². The Morgan fingerprint density at radius 2 is 1.73 bits per heavy atom. The van der Waals surface area contributed by atoms with Gasteiger partial charge in [-0.3, -0.25) is 4.79 Å². The van der Waals surface area contributed by atoms with Crippen molar-refractivity contribution < 1.29 is 13.8 Å². The first-order chi connectivity index (χ1) is 10.7. The highest BCUT2D eigenvalue weighted by molar-refractivity contribution is 5.94. The topological polar surface area (TPSA) is 33.8 Å². The predicted octanol–water partition coefficient (Wildman–Crippen LogP) is 3.06.